The Labute approximate surface area is 236 Å². The number of ether oxygens (including phenoxy) is 2. The Balaban J connectivity index is 1.92. The molecule has 0 spiro atoms. The lowest BCUT2D eigenvalue weighted by Gasteiger charge is -2.26. The Morgan fingerprint density at radius 3 is 2.00 bits per heavy atom. The van der Waals surface area contributed by atoms with Crippen LogP contribution in [-0.2, 0) is 27.4 Å². The molecule has 0 aliphatic carbocycles. The predicted octanol–water partition coefficient (Wildman–Crippen LogP) is 6.22. The van der Waals surface area contributed by atoms with E-state index in [2.05, 4.69) is 10.1 Å². The summed E-state index contributed by atoms with van der Waals surface area (Å²) in [6.07, 6.45) is -5.21. The van der Waals surface area contributed by atoms with Gasteiger partial charge < -0.3 is 19.7 Å². The molecule has 2 amide bonds. The van der Waals surface area contributed by atoms with Gasteiger partial charge in [0.05, 0.1) is 30.2 Å². The molecule has 0 heterocycles. The molecule has 3 aromatic rings. The first-order chi connectivity index (χ1) is 19.5. The first kappa shape index (κ1) is 30.9. The van der Waals surface area contributed by atoms with E-state index in [0.717, 1.165) is 11.6 Å². The lowest BCUT2D eigenvalue weighted by atomic mass is 9.93. The van der Waals surface area contributed by atoms with Crippen molar-refractivity contribution in [1.29, 1.82) is 0 Å². The normalized spacial score (nSPS) is 13.1. The van der Waals surface area contributed by atoms with Gasteiger partial charge >= 0.3 is 18.2 Å². The number of hydrogen-bond donors (Lipinski definition) is 1. The standard InChI is InChI=1S/C31H31F3N2O5/c1-21(28(37)36(2)19-22-10-6-4-7-11-22)18-26(31(32,33)34)27(24-14-16-25(17-15-24)29(38)40-3)35-30(39)41-20-23-12-8-5-9-13-23/h4-18,21,27H,19-20H2,1-3H3,(H,35,39)/b26-18-/t21-,27?/m1/s1. The maximum atomic E-state index is 14.5. The summed E-state index contributed by atoms with van der Waals surface area (Å²) in [5.74, 6) is -2.39. The van der Waals surface area contributed by atoms with Gasteiger partial charge in [0, 0.05) is 13.6 Å². The Bertz CT molecular complexity index is 1340. The molecular weight excluding hydrogens is 537 g/mol. The predicted molar refractivity (Wildman–Crippen MR) is 147 cm³/mol. The number of esters is 1. The summed E-state index contributed by atoms with van der Waals surface area (Å²) >= 11 is 0. The zero-order chi connectivity index (χ0) is 30.0. The fourth-order valence-corrected chi connectivity index (χ4v) is 4.13. The number of carbonyl (C=O) groups excluding carboxylic acids is 3. The van der Waals surface area contributed by atoms with Gasteiger partial charge in [0.15, 0.2) is 0 Å². The van der Waals surface area contributed by atoms with Crippen molar-refractivity contribution in [2.75, 3.05) is 14.2 Å². The van der Waals surface area contributed by atoms with Crippen LogP contribution in [0.1, 0.15) is 40.0 Å². The van der Waals surface area contributed by atoms with E-state index in [1.165, 1.54) is 50.2 Å². The van der Waals surface area contributed by atoms with Crippen molar-refractivity contribution >= 4 is 18.0 Å². The van der Waals surface area contributed by atoms with Gasteiger partial charge in [-0.1, -0.05) is 85.8 Å². The molecule has 0 saturated carbocycles. The number of hydrogen-bond acceptors (Lipinski definition) is 5. The highest BCUT2D eigenvalue weighted by Crippen LogP contribution is 2.37. The molecule has 0 aliphatic rings. The number of carbonyl (C=O) groups is 3. The smallest absolute Gasteiger partial charge is 0.414 e. The number of alkyl halides is 3. The summed E-state index contributed by atoms with van der Waals surface area (Å²) < 4.78 is 53.4. The largest absolute Gasteiger partial charge is 0.465 e. The molecule has 0 bridgehead atoms. The lowest BCUT2D eigenvalue weighted by Crippen LogP contribution is -2.36. The maximum Gasteiger partial charge on any atom is 0.414 e. The van der Waals surface area contributed by atoms with Crippen LogP contribution in [0.25, 0.3) is 0 Å². The van der Waals surface area contributed by atoms with E-state index < -0.39 is 41.7 Å². The first-order valence-electron chi connectivity index (χ1n) is 12.7. The molecular formula is C31H31F3N2O5. The minimum atomic E-state index is -4.93. The van der Waals surface area contributed by atoms with Crippen LogP contribution < -0.4 is 5.32 Å². The van der Waals surface area contributed by atoms with Crippen molar-refractivity contribution in [3.63, 3.8) is 0 Å². The second-order valence-electron chi connectivity index (χ2n) is 9.34. The second kappa shape index (κ2) is 14.2. The Hall–Kier alpha value is -4.60. The molecule has 1 unspecified atom stereocenters. The number of nitrogens with one attached hydrogen (secondary N) is 1. The van der Waals surface area contributed by atoms with Crippen LogP contribution in [0.5, 0.6) is 0 Å². The number of alkyl carbamates (subject to hydrolysis) is 1. The molecule has 0 saturated heterocycles. The van der Waals surface area contributed by atoms with E-state index in [9.17, 15) is 27.6 Å². The van der Waals surface area contributed by atoms with E-state index in [0.29, 0.717) is 5.56 Å². The number of rotatable bonds is 10. The summed E-state index contributed by atoms with van der Waals surface area (Å²) in [6, 6.07) is 21.1. The quantitative estimate of drug-likeness (QED) is 0.232. The van der Waals surface area contributed by atoms with Crippen LogP contribution in [0.4, 0.5) is 18.0 Å². The molecule has 3 aromatic carbocycles. The van der Waals surface area contributed by atoms with Gasteiger partial charge in [0.2, 0.25) is 5.91 Å². The number of halogens is 3. The van der Waals surface area contributed by atoms with Crippen molar-refractivity contribution in [2.24, 2.45) is 5.92 Å². The summed E-state index contributed by atoms with van der Waals surface area (Å²) in [5, 5.41) is 2.30. The van der Waals surface area contributed by atoms with Crippen molar-refractivity contribution in [2.45, 2.75) is 32.3 Å². The van der Waals surface area contributed by atoms with Gasteiger partial charge in [0.25, 0.3) is 0 Å². The summed E-state index contributed by atoms with van der Waals surface area (Å²) in [6.45, 7) is 1.41. The van der Waals surface area contributed by atoms with E-state index in [1.807, 2.05) is 18.2 Å². The molecule has 2 atom stereocenters. The summed E-state index contributed by atoms with van der Waals surface area (Å²) in [4.78, 5) is 39.0. The SMILES string of the molecule is COC(=O)c1ccc(C(NC(=O)OCc2ccccc2)/C(=C/[C@@H](C)C(=O)N(C)Cc2ccccc2)C(F)(F)F)cc1. The average molecular weight is 569 g/mol. The zero-order valence-electron chi connectivity index (χ0n) is 22.9. The number of nitrogens with zero attached hydrogens (tertiary/aromatic N) is 1. The van der Waals surface area contributed by atoms with Crippen molar-refractivity contribution in [3.8, 4) is 0 Å². The second-order valence-corrected chi connectivity index (χ2v) is 9.34. The van der Waals surface area contributed by atoms with Gasteiger partial charge in [-0.05, 0) is 28.8 Å². The highest BCUT2D eigenvalue weighted by atomic mass is 19.4. The third-order valence-electron chi connectivity index (χ3n) is 6.24. The minimum absolute atomic E-state index is 0.0233. The maximum absolute atomic E-state index is 14.5. The van der Waals surface area contributed by atoms with Gasteiger partial charge in [-0.2, -0.15) is 13.2 Å². The Morgan fingerprint density at radius 1 is 0.902 bits per heavy atom. The van der Waals surface area contributed by atoms with Gasteiger partial charge in [0.1, 0.15) is 6.61 Å². The lowest BCUT2D eigenvalue weighted by molar-refractivity contribution is -0.132. The first-order valence-corrected chi connectivity index (χ1v) is 12.7. The molecule has 0 aromatic heterocycles. The zero-order valence-corrected chi connectivity index (χ0v) is 22.9. The average Bonchev–Trinajstić information content (AvgIpc) is 2.97. The van der Waals surface area contributed by atoms with Crippen LogP contribution in [-0.4, -0.2) is 43.2 Å². The number of benzene rings is 3. The molecule has 216 valence electrons. The van der Waals surface area contributed by atoms with Gasteiger partial charge in [-0.3, -0.25) is 4.79 Å². The van der Waals surface area contributed by atoms with E-state index in [4.69, 9.17) is 4.74 Å². The molecule has 7 nitrogen and oxygen atoms in total. The van der Waals surface area contributed by atoms with Crippen LogP contribution in [0.3, 0.4) is 0 Å². The van der Waals surface area contributed by atoms with Gasteiger partial charge in [-0.25, -0.2) is 9.59 Å². The molecule has 3 rings (SSSR count). The fraction of sp³-hybridized carbons (Fsp3) is 0.258. The van der Waals surface area contributed by atoms with Crippen molar-refractivity contribution in [1.82, 2.24) is 10.2 Å². The van der Waals surface area contributed by atoms with Crippen LogP contribution >= 0.6 is 0 Å². The van der Waals surface area contributed by atoms with Crippen molar-refractivity contribution < 1.29 is 37.0 Å². The summed E-state index contributed by atoms with van der Waals surface area (Å²) in [7, 11) is 2.69. The highest BCUT2D eigenvalue weighted by Gasteiger charge is 2.41. The summed E-state index contributed by atoms with van der Waals surface area (Å²) in [5.41, 5.74) is 0.449. The van der Waals surface area contributed by atoms with Crippen LogP contribution in [0.2, 0.25) is 0 Å². The number of methoxy groups -OCH3 is 1. The number of amides is 2. The van der Waals surface area contributed by atoms with E-state index >= 15 is 0 Å². The molecule has 0 aliphatic heterocycles. The molecule has 10 heteroatoms. The van der Waals surface area contributed by atoms with Crippen LogP contribution in [0.15, 0.2) is 96.6 Å². The Morgan fingerprint density at radius 2 is 1.46 bits per heavy atom. The minimum Gasteiger partial charge on any atom is -0.465 e. The molecule has 0 radical (unpaired) electrons. The van der Waals surface area contributed by atoms with E-state index in [1.54, 1.807) is 42.5 Å². The molecule has 41 heavy (non-hydrogen) atoms. The molecule has 1 N–H and O–H groups in total. The topological polar surface area (TPSA) is 84.9 Å². The third kappa shape index (κ3) is 8.96. The Kier molecular flexibility index (Phi) is 10.7. The van der Waals surface area contributed by atoms with E-state index in [-0.39, 0.29) is 24.3 Å². The van der Waals surface area contributed by atoms with Crippen LogP contribution in [0, 0.1) is 5.92 Å². The van der Waals surface area contributed by atoms with Gasteiger partial charge in [-0.15, -0.1) is 0 Å². The fourth-order valence-electron chi connectivity index (χ4n) is 4.13. The highest BCUT2D eigenvalue weighted by molar-refractivity contribution is 5.89. The molecule has 0 fully saturated rings. The van der Waals surface area contributed by atoms with Crippen molar-refractivity contribution in [3.05, 3.63) is 119 Å². The third-order valence-corrected chi connectivity index (χ3v) is 6.24. The monoisotopic (exact) mass is 568 g/mol.